The van der Waals surface area contributed by atoms with Crippen LogP contribution in [0.3, 0.4) is 0 Å². The van der Waals surface area contributed by atoms with Crippen LogP contribution in [0.15, 0.2) is 12.1 Å². The van der Waals surface area contributed by atoms with E-state index >= 15 is 0 Å². The van der Waals surface area contributed by atoms with Crippen molar-refractivity contribution in [1.29, 1.82) is 0 Å². The van der Waals surface area contributed by atoms with Gasteiger partial charge in [0, 0.05) is 36.6 Å². The van der Waals surface area contributed by atoms with Crippen molar-refractivity contribution in [3.8, 4) is 5.75 Å². The minimum atomic E-state index is -0.769. The van der Waals surface area contributed by atoms with Gasteiger partial charge in [-0.3, -0.25) is 14.9 Å². The number of nitro benzene ring substituents is 1. The lowest BCUT2D eigenvalue weighted by molar-refractivity contribution is -0.385. The second-order valence-electron chi connectivity index (χ2n) is 4.31. The number of aromatic hydroxyl groups is 1. The SMILES string of the molecule is O=C1CC(CO)CN1c1cc(Cl)cc([N+](=O)[O-])c1O. The first-order chi connectivity index (χ1) is 8.93. The van der Waals surface area contributed by atoms with Crippen LogP contribution in [0.25, 0.3) is 0 Å². The maximum atomic E-state index is 11.8. The summed E-state index contributed by atoms with van der Waals surface area (Å²) in [7, 11) is 0. The largest absolute Gasteiger partial charge is 0.501 e. The van der Waals surface area contributed by atoms with E-state index in [1.807, 2.05) is 0 Å². The minimum absolute atomic E-state index is 0.000139. The Labute approximate surface area is 113 Å². The van der Waals surface area contributed by atoms with Gasteiger partial charge < -0.3 is 15.1 Å². The molecule has 2 rings (SSSR count). The van der Waals surface area contributed by atoms with Gasteiger partial charge in [0.15, 0.2) is 0 Å². The lowest BCUT2D eigenvalue weighted by Gasteiger charge is -2.18. The molecule has 2 N–H and O–H groups in total. The van der Waals surface area contributed by atoms with Crippen molar-refractivity contribution in [1.82, 2.24) is 0 Å². The Morgan fingerprint density at radius 1 is 1.53 bits per heavy atom. The monoisotopic (exact) mass is 286 g/mol. The van der Waals surface area contributed by atoms with Gasteiger partial charge in [0.2, 0.25) is 11.7 Å². The number of aliphatic hydroxyl groups is 1. The van der Waals surface area contributed by atoms with E-state index in [0.717, 1.165) is 6.07 Å². The summed E-state index contributed by atoms with van der Waals surface area (Å²) in [5, 5.41) is 29.7. The molecule has 0 bridgehead atoms. The summed E-state index contributed by atoms with van der Waals surface area (Å²) in [6.07, 6.45) is 0.135. The van der Waals surface area contributed by atoms with Crippen molar-refractivity contribution in [3.63, 3.8) is 0 Å². The number of hydrogen-bond acceptors (Lipinski definition) is 5. The Kier molecular flexibility index (Phi) is 3.59. The Hall–Kier alpha value is -1.86. The molecule has 1 amide bonds. The van der Waals surface area contributed by atoms with Gasteiger partial charge in [0.1, 0.15) is 0 Å². The highest BCUT2D eigenvalue weighted by molar-refractivity contribution is 6.31. The minimum Gasteiger partial charge on any atom is -0.501 e. The molecule has 0 radical (unpaired) electrons. The van der Waals surface area contributed by atoms with Crippen molar-refractivity contribution in [2.75, 3.05) is 18.1 Å². The summed E-state index contributed by atoms with van der Waals surface area (Å²) in [5.41, 5.74) is -0.553. The highest BCUT2D eigenvalue weighted by Crippen LogP contribution is 2.41. The van der Waals surface area contributed by atoms with E-state index in [9.17, 15) is 20.0 Å². The number of aliphatic hydroxyl groups excluding tert-OH is 1. The Bertz CT molecular complexity index is 548. The molecule has 1 aliphatic rings. The predicted molar refractivity (Wildman–Crippen MR) is 67.3 cm³/mol. The molecule has 1 unspecified atom stereocenters. The lowest BCUT2D eigenvalue weighted by atomic mass is 10.1. The normalized spacial score (nSPS) is 18.9. The standard InChI is InChI=1S/C11H11ClN2O5/c12-7-2-8(11(17)9(3-7)14(18)19)13-4-6(5-15)1-10(13)16/h2-3,6,15,17H,1,4-5H2. The Balaban J connectivity index is 2.45. The number of nitrogens with zero attached hydrogens (tertiary/aromatic N) is 2. The molecular weight excluding hydrogens is 276 g/mol. The van der Waals surface area contributed by atoms with Crippen LogP contribution in [0.2, 0.25) is 5.02 Å². The molecule has 0 aliphatic carbocycles. The number of benzene rings is 1. The summed E-state index contributed by atoms with van der Waals surface area (Å²) in [5.74, 6) is -1.16. The van der Waals surface area contributed by atoms with Crippen LogP contribution < -0.4 is 4.90 Å². The van der Waals surface area contributed by atoms with Gasteiger partial charge in [-0.2, -0.15) is 0 Å². The molecule has 1 atom stereocenters. The van der Waals surface area contributed by atoms with Crippen LogP contribution in [0.4, 0.5) is 11.4 Å². The third-order valence-corrected chi connectivity index (χ3v) is 3.20. The van der Waals surface area contributed by atoms with Crippen LogP contribution in [0.1, 0.15) is 6.42 Å². The molecule has 1 saturated heterocycles. The molecule has 19 heavy (non-hydrogen) atoms. The average Bonchev–Trinajstić information content (AvgIpc) is 2.72. The predicted octanol–water partition coefficient (Wildman–Crippen LogP) is 1.30. The number of carbonyl (C=O) groups excluding carboxylic acids is 1. The molecule has 0 aromatic heterocycles. The maximum Gasteiger partial charge on any atom is 0.314 e. The molecule has 7 nitrogen and oxygen atoms in total. The summed E-state index contributed by atoms with van der Waals surface area (Å²) in [6, 6.07) is 2.31. The quantitative estimate of drug-likeness (QED) is 0.644. The van der Waals surface area contributed by atoms with E-state index in [0.29, 0.717) is 0 Å². The molecule has 1 aromatic carbocycles. The molecule has 102 valence electrons. The van der Waals surface area contributed by atoms with Crippen molar-refractivity contribution in [3.05, 3.63) is 27.3 Å². The van der Waals surface area contributed by atoms with Gasteiger partial charge in [-0.05, 0) is 6.07 Å². The van der Waals surface area contributed by atoms with E-state index in [1.54, 1.807) is 0 Å². The van der Waals surface area contributed by atoms with E-state index in [2.05, 4.69) is 0 Å². The molecule has 1 heterocycles. The van der Waals surface area contributed by atoms with Crippen LogP contribution in [0.5, 0.6) is 5.75 Å². The zero-order valence-electron chi connectivity index (χ0n) is 9.74. The number of nitro groups is 1. The third-order valence-electron chi connectivity index (χ3n) is 2.99. The Morgan fingerprint density at radius 2 is 2.21 bits per heavy atom. The number of phenolic OH excluding ortho intramolecular Hbond substituents is 1. The van der Waals surface area contributed by atoms with E-state index < -0.39 is 16.4 Å². The molecule has 1 fully saturated rings. The van der Waals surface area contributed by atoms with Gasteiger partial charge >= 0.3 is 5.69 Å². The second-order valence-corrected chi connectivity index (χ2v) is 4.74. The lowest BCUT2D eigenvalue weighted by Crippen LogP contribution is -2.25. The number of hydrogen-bond donors (Lipinski definition) is 2. The van der Waals surface area contributed by atoms with Crippen molar-refractivity contribution >= 4 is 28.9 Å². The smallest absolute Gasteiger partial charge is 0.314 e. The molecular formula is C11H11ClN2O5. The van der Waals surface area contributed by atoms with E-state index in [4.69, 9.17) is 16.7 Å². The molecule has 8 heteroatoms. The number of rotatable bonds is 3. The van der Waals surface area contributed by atoms with Crippen LogP contribution in [-0.4, -0.2) is 34.2 Å². The zero-order chi connectivity index (χ0) is 14.2. The first-order valence-electron chi connectivity index (χ1n) is 5.52. The highest BCUT2D eigenvalue weighted by atomic mass is 35.5. The first kappa shape index (κ1) is 13.6. The number of anilines is 1. The summed E-state index contributed by atoms with van der Waals surface area (Å²) >= 11 is 5.76. The first-order valence-corrected chi connectivity index (χ1v) is 5.90. The summed E-state index contributed by atoms with van der Waals surface area (Å²) in [6.45, 7) is 0.0338. The number of carbonyl (C=O) groups is 1. The number of amides is 1. The third kappa shape index (κ3) is 2.47. The summed E-state index contributed by atoms with van der Waals surface area (Å²) in [4.78, 5) is 23.0. The van der Waals surface area contributed by atoms with Crippen LogP contribution in [-0.2, 0) is 4.79 Å². The molecule has 1 aromatic rings. The van der Waals surface area contributed by atoms with Crippen LogP contribution in [0, 0.1) is 16.0 Å². The maximum absolute atomic E-state index is 11.8. The van der Waals surface area contributed by atoms with Crippen LogP contribution >= 0.6 is 11.6 Å². The molecule has 0 spiro atoms. The fraction of sp³-hybridized carbons (Fsp3) is 0.364. The highest BCUT2D eigenvalue weighted by Gasteiger charge is 2.33. The van der Waals surface area contributed by atoms with Gasteiger partial charge in [0.05, 0.1) is 10.6 Å². The van der Waals surface area contributed by atoms with Gasteiger partial charge in [-0.25, -0.2) is 0 Å². The van der Waals surface area contributed by atoms with E-state index in [1.165, 1.54) is 11.0 Å². The molecule has 0 saturated carbocycles. The number of phenols is 1. The number of halogens is 1. The van der Waals surface area contributed by atoms with Crippen molar-refractivity contribution < 1.29 is 19.9 Å². The fourth-order valence-corrected chi connectivity index (χ4v) is 2.26. The average molecular weight is 287 g/mol. The second kappa shape index (κ2) is 5.02. The van der Waals surface area contributed by atoms with Crippen molar-refractivity contribution in [2.24, 2.45) is 5.92 Å². The molecule has 1 aliphatic heterocycles. The van der Waals surface area contributed by atoms with Crippen molar-refractivity contribution in [2.45, 2.75) is 6.42 Å². The van der Waals surface area contributed by atoms with Gasteiger partial charge in [-0.15, -0.1) is 0 Å². The fourth-order valence-electron chi connectivity index (χ4n) is 2.05. The summed E-state index contributed by atoms with van der Waals surface area (Å²) < 4.78 is 0. The topological polar surface area (TPSA) is 104 Å². The Morgan fingerprint density at radius 3 is 2.74 bits per heavy atom. The van der Waals surface area contributed by atoms with Gasteiger partial charge in [0.25, 0.3) is 0 Å². The zero-order valence-corrected chi connectivity index (χ0v) is 10.5. The van der Waals surface area contributed by atoms with E-state index in [-0.39, 0.29) is 42.1 Å². The van der Waals surface area contributed by atoms with Gasteiger partial charge in [-0.1, -0.05) is 11.6 Å².